The summed E-state index contributed by atoms with van der Waals surface area (Å²) in [7, 11) is 0. The van der Waals surface area contributed by atoms with Crippen molar-refractivity contribution < 1.29 is 0 Å². The fraction of sp³-hybridized carbons (Fsp3) is 0.714. The molecule has 0 saturated heterocycles. The Kier molecular flexibility index (Phi) is 3.52. The second-order valence-corrected chi connectivity index (χ2v) is 5.80. The van der Waals surface area contributed by atoms with Gasteiger partial charge in [-0.05, 0) is 26.2 Å². The van der Waals surface area contributed by atoms with Crippen LogP contribution in [0.2, 0.25) is 0 Å². The van der Waals surface area contributed by atoms with E-state index in [2.05, 4.69) is 21.3 Å². The molecule has 1 fully saturated rings. The minimum Gasteiger partial charge on any atom is -0.313 e. The molecular weight excluding hydrogens is 260 g/mol. The summed E-state index contributed by atoms with van der Waals surface area (Å²) in [5.41, 5.74) is 3.26. The number of aromatic nitrogens is 4. The van der Waals surface area contributed by atoms with Crippen LogP contribution < -0.4 is 0 Å². The van der Waals surface area contributed by atoms with Crippen LogP contribution in [0.3, 0.4) is 0 Å². The van der Waals surface area contributed by atoms with Gasteiger partial charge >= 0.3 is 0 Å². The molecule has 0 N–H and O–H groups in total. The van der Waals surface area contributed by atoms with Gasteiger partial charge in [-0.2, -0.15) is 5.10 Å². The van der Waals surface area contributed by atoms with E-state index in [1.54, 1.807) is 0 Å². The highest BCUT2D eigenvalue weighted by atomic mass is 35.5. The van der Waals surface area contributed by atoms with Gasteiger partial charge in [-0.25, -0.2) is 9.67 Å². The van der Waals surface area contributed by atoms with Crippen LogP contribution in [0.1, 0.15) is 37.7 Å². The Hall–Kier alpha value is -1.03. The number of halogens is 1. The highest BCUT2D eigenvalue weighted by Crippen LogP contribution is 2.33. The average molecular weight is 281 g/mol. The van der Waals surface area contributed by atoms with Crippen molar-refractivity contribution in [1.29, 1.82) is 0 Å². The molecule has 0 atom stereocenters. The van der Waals surface area contributed by atoms with Crippen LogP contribution in [0.5, 0.6) is 0 Å². The van der Waals surface area contributed by atoms with Gasteiger partial charge in [-0.1, -0.05) is 12.8 Å². The Morgan fingerprint density at radius 2 is 2.16 bits per heavy atom. The van der Waals surface area contributed by atoms with Crippen LogP contribution in [-0.2, 0) is 19.5 Å². The summed E-state index contributed by atoms with van der Waals surface area (Å²) in [6.07, 6.45) is 4.89. The van der Waals surface area contributed by atoms with Gasteiger partial charge in [0.25, 0.3) is 0 Å². The van der Waals surface area contributed by atoms with Gasteiger partial charge in [0, 0.05) is 25.4 Å². The molecule has 0 unspecified atom stereocenters. The Balaban J connectivity index is 2.03. The normalized spacial score (nSPS) is 15.5. The number of alkyl halides is 1. The number of aryl methyl sites for hydroxylation is 4. The average Bonchev–Trinajstić information content (AvgIpc) is 3.09. The zero-order valence-corrected chi connectivity index (χ0v) is 12.4. The van der Waals surface area contributed by atoms with Crippen molar-refractivity contribution in [1.82, 2.24) is 19.3 Å². The van der Waals surface area contributed by atoms with E-state index < -0.39 is 0 Å². The van der Waals surface area contributed by atoms with Crippen molar-refractivity contribution in [3.63, 3.8) is 0 Å². The molecule has 0 aliphatic heterocycles. The lowest BCUT2D eigenvalue weighted by Gasteiger charge is -2.09. The maximum atomic E-state index is 5.92. The fourth-order valence-electron chi connectivity index (χ4n) is 2.72. The van der Waals surface area contributed by atoms with Crippen LogP contribution in [-0.4, -0.2) is 25.2 Å². The standard InChI is InChI=1S/C14H21ClN4/c1-3-19-14-13(10(2)17-19)16-12(6-8-15)18(14)9-7-11-4-5-11/h11H,3-9H2,1-2H3. The molecule has 5 heteroatoms. The topological polar surface area (TPSA) is 35.6 Å². The molecule has 0 amide bonds. The molecular formula is C14H21ClN4. The van der Waals surface area contributed by atoms with Gasteiger partial charge in [0.1, 0.15) is 11.3 Å². The van der Waals surface area contributed by atoms with E-state index >= 15 is 0 Å². The van der Waals surface area contributed by atoms with Crippen LogP contribution in [0, 0.1) is 12.8 Å². The Bertz CT molecular complexity index is 580. The highest BCUT2D eigenvalue weighted by Gasteiger charge is 2.23. The van der Waals surface area contributed by atoms with Crippen molar-refractivity contribution in [2.45, 2.75) is 52.6 Å². The number of fused-ring (bicyclic) bond motifs is 1. The van der Waals surface area contributed by atoms with Gasteiger partial charge in [0.15, 0.2) is 5.65 Å². The number of hydrogen-bond donors (Lipinski definition) is 0. The lowest BCUT2D eigenvalue weighted by atomic mass is 10.3. The summed E-state index contributed by atoms with van der Waals surface area (Å²) in [6, 6.07) is 0. The molecule has 1 saturated carbocycles. The Morgan fingerprint density at radius 1 is 1.37 bits per heavy atom. The fourth-order valence-corrected chi connectivity index (χ4v) is 2.89. The predicted molar refractivity (Wildman–Crippen MR) is 77.7 cm³/mol. The first kappa shape index (κ1) is 13.0. The SMILES string of the molecule is CCn1nc(C)c2nc(CCCl)n(CCC3CC3)c21. The van der Waals surface area contributed by atoms with Crippen LogP contribution in [0.15, 0.2) is 0 Å². The van der Waals surface area contributed by atoms with E-state index in [1.807, 2.05) is 6.92 Å². The van der Waals surface area contributed by atoms with Crippen molar-refractivity contribution in [2.75, 3.05) is 5.88 Å². The second kappa shape index (κ2) is 5.16. The summed E-state index contributed by atoms with van der Waals surface area (Å²) in [4.78, 5) is 4.76. The van der Waals surface area contributed by atoms with E-state index in [0.717, 1.165) is 42.5 Å². The number of imidazole rings is 1. The third-order valence-electron chi connectivity index (χ3n) is 3.95. The third-order valence-corrected chi connectivity index (χ3v) is 4.14. The molecule has 19 heavy (non-hydrogen) atoms. The molecule has 1 aliphatic carbocycles. The van der Waals surface area contributed by atoms with Gasteiger partial charge in [0.05, 0.1) is 5.69 Å². The van der Waals surface area contributed by atoms with Crippen molar-refractivity contribution in [2.24, 2.45) is 5.92 Å². The Labute approximate surface area is 118 Å². The molecule has 3 rings (SSSR count). The van der Waals surface area contributed by atoms with Crippen molar-refractivity contribution >= 4 is 22.8 Å². The minimum absolute atomic E-state index is 0.627. The number of hydrogen-bond acceptors (Lipinski definition) is 2. The maximum absolute atomic E-state index is 5.92. The summed E-state index contributed by atoms with van der Waals surface area (Å²) in [6.45, 7) is 6.11. The van der Waals surface area contributed by atoms with Crippen LogP contribution in [0.25, 0.3) is 11.2 Å². The van der Waals surface area contributed by atoms with Gasteiger partial charge in [-0.3, -0.25) is 0 Å². The van der Waals surface area contributed by atoms with Crippen LogP contribution >= 0.6 is 11.6 Å². The molecule has 0 aromatic carbocycles. The lowest BCUT2D eigenvalue weighted by molar-refractivity contribution is 0.564. The predicted octanol–water partition coefficient (Wildman–Crippen LogP) is 3.14. The molecule has 2 aromatic rings. The molecule has 4 nitrogen and oxygen atoms in total. The number of rotatable bonds is 6. The molecule has 2 aromatic heterocycles. The molecule has 0 radical (unpaired) electrons. The first-order valence-electron chi connectivity index (χ1n) is 7.23. The van der Waals surface area contributed by atoms with Gasteiger partial charge in [-0.15, -0.1) is 11.6 Å². The summed E-state index contributed by atoms with van der Waals surface area (Å²) < 4.78 is 4.42. The first-order valence-corrected chi connectivity index (χ1v) is 7.76. The quantitative estimate of drug-likeness (QED) is 0.762. The molecule has 0 bridgehead atoms. The largest absolute Gasteiger partial charge is 0.313 e. The molecule has 1 aliphatic rings. The zero-order valence-electron chi connectivity index (χ0n) is 11.7. The highest BCUT2D eigenvalue weighted by molar-refractivity contribution is 6.17. The maximum Gasteiger partial charge on any atom is 0.158 e. The van der Waals surface area contributed by atoms with Crippen molar-refractivity contribution in [3.05, 3.63) is 11.5 Å². The minimum atomic E-state index is 0.627. The Morgan fingerprint density at radius 3 is 2.79 bits per heavy atom. The third kappa shape index (κ3) is 2.38. The second-order valence-electron chi connectivity index (χ2n) is 5.42. The van der Waals surface area contributed by atoms with Gasteiger partial charge in [0.2, 0.25) is 0 Å². The molecule has 2 heterocycles. The summed E-state index contributed by atoms with van der Waals surface area (Å²) in [5.74, 6) is 2.68. The van der Waals surface area contributed by atoms with E-state index in [1.165, 1.54) is 24.9 Å². The lowest BCUT2D eigenvalue weighted by Crippen LogP contribution is -2.10. The first-order chi connectivity index (χ1) is 9.24. The smallest absolute Gasteiger partial charge is 0.158 e. The van der Waals surface area contributed by atoms with E-state index in [-0.39, 0.29) is 0 Å². The van der Waals surface area contributed by atoms with E-state index in [4.69, 9.17) is 16.6 Å². The number of nitrogens with zero attached hydrogens (tertiary/aromatic N) is 4. The molecule has 104 valence electrons. The van der Waals surface area contributed by atoms with Crippen molar-refractivity contribution in [3.8, 4) is 0 Å². The summed E-state index contributed by atoms with van der Waals surface area (Å²) >= 11 is 5.92. The summed E-state index contributed by atoms with van der Waals surface area (Å²) in [5, 5.41) is 4.57. The van der Waals surface area contributed by atoms with E-state index in [9.17, 15) is 0 Å². The monoisotopic (exact) mass is 280 g/mol. The zero-order chi connectivity index (χ0) is 13.4. The molecule has 0 spiro atoms. The van der Waals surface area contributed by atoms with Crippen LogP contribution in [0.4, 0.5) is 0 Å². The van der Waals surface area contributed by atoms with Gasteiger partial charge < -0.3 is 4.57 Å². The van der Waals surface area contributed by atoms with E-state index in [0.29, 0.717) is 5.88 Å².